The van der Waals surface area contributed by atoms with Gasteiger partial charge in [0, 0.05) is 12.5 Å². The van der Waals surface area contributed by atoms with E-state index in [2.05, 4.69) is 20.5 Å². The number of carbonyl (C=O) groups is 1. The molecule has 0 saturated carbocycles. The second-order valence-electron chi connectivity index (χ2n) is 3.81. The first-order chi connectivity index (χ1) is 9.11. The Labute approximate surface area is 111 Å². The average molecular weight is 275 g/mol. The molecule has 96 valence electrons. The molecule has 3 aromatic rings. The molecule has 3 rings (SSSR count). The summed E-state index contributed by atoms with van der Waals surface area (Å²) in [5, 5.41) is 10.3. The van der Waals surface area contributed by atoms with Crippen molar-refractivity contribution in [2.75, 3.05) is 11.1 Å². The summed E-state index contributed by atoms with van der Waals surface area (Å²) in [6, 6.07) is 5.21. The van der Waals surface area contributed by atoms with Crippen molar-refractivity contribution >= 4 is 38.6 Å². The number of anilines is 2. The van der Waals surface area contributed by atoms with E-state index in [0.29, 0.717) is 16.6 Å². The van der Waals surface area contributed by atoms with E-state index >= 15 is 0 Å². The van der Waals surface area contributed by atoms with Gasteiger partial charge in [0.05, 0.1) is 10.2 Å². The molecule has 0 bridgehead atoms. The summed E-state index contributed by atoms with van der Waals surface area (Å²) < 4.78 is 5.94. The maximum absolute atomic E-state index is 12.0. The van der Waals surface area contributed by atoms with Crippen molar-refractivity contribution in [2.45, 2.75) is 6.92 Å². The Kier molecular flexibility index (Phi) is 2.64. The molecule has 0 aliphatic heterocycles. The summed E-state index contributed by atoms with van der Waals surface area (Å²) in [5.74, 6) is 0.0681. The van der Waals surface area contributed by atoms with Gasteiger partial charge in [-0.1, -0.05) is 16.4 Å². The standard InChI is InChI=1S/C11H9N5O2S/c1-5-15-16-11(18-5)14-9(17)6-2-3-7-8(4-6)19-10(12)13-7/h2-4H,1H3,(H2,12,13)(H,14,16,17). The molecule has 0 spiro atoms. The molecule has 3 N–H and O–H groups in total. The van der Waals surface area contributed by atoms with Gasteiger partial charge in [-0.25, -0.2) is 4.98 Å². The fourth-order valence-electron chi connectivity index (χ4n) is 1.60. The van der Waals surface area contributed by atoms with Crippen molar-refractivity contribution in [3.63, 3.8) is 0 Å². The monoisotopic (exact) mass is 275 g/mol. The van der Waals surface area contributed by atoms with E-state index in [-0.39, 0.29) is 11.9 Å². The van der Waals surface area contributed by atoms with E-state index < -0.39 is 0 Å². The number of nitrogens with one attached hydrogen (secondary N) is 1. The number of fused-ring (bicyclic) bond motifs is 1. The van der Waals surface area contributed by atoms with Crippen molar-refractivity contribution in [2.24, 2.45) is 0 Å². The third kappa shape index (κ3) is 2.25. The van der Waals surface area contributed by atoms with Crippen LogP contribution in [0.1, 0.15) is 16.2 Å². The molecule has 0 unspecified atom stereocenters. The molecule has 0 aliphatic rings. The van der Waals surface area contributed by atoms with Gasteiger partial charge in [-0.05, 0) is 18.2 Å². The van der Waals surface area contributed by atoms with Crippen molar-refractivity contribution in [3.8, 4) is 0 Å². The first kappa shape index (κ1) is 11.6. The zero-order valence-electron chi connectivity index (χ0n) is 9.88. The first-order valence-corrected chi connectivity index (χ1v) is 6.21. The summed E-state index contributed by atoms with van der Waals surface area (Å²) >= 11 is 1.33. The van der Waals surface area contributed by atoms with Crippen molar-refractivity contribution in [3.05, 3.63) is 29.7 Å². The highest BCUT2D eigenvalue weighted by molar-refractivity contribution is 7.22. The van der Waals surface area contributed by atoms with Crippen molar-refractivity contribution < 1.29 is 9.21 Å². The number of nitrogens with two attached hydrogens (primary N) is 1. The summed E-state index contributed by atoms with van der Waals surface area (Å²) in [6.45, 7) is 1.65. The fraction of sp³-hybridized carbons (Fsp3) is 0.0909. The second kappa shape index (κ2) is 4.32. The van der Waals surface area contributed by atoms with Gasteiger partial charge in [0.1, 0.15) is 0 Å². The zero-order chi connectivity index (χ0) is 13.4. The van der Waals surface area contributed by atoms with E-state index in [1.165, 1.54) is 11.3 Å². The van der Waals surface area contributed by atoms with Crippen LogP contribution in [0.3, 0.4) is 0 Å². The second-order valence-corrected chi connectivity index (χ2v) is 4.88. The van der Waals surface area contributed by atoms with E-state index in [9.17, 15) is 4.79 Å². The number of aryl methyl sites for hydroxylation is 1. The Bertz CT molecular complexity index is 763. The van der Waals surface area contributed by atoms with E-state index in [1.54, 1.807) is 25.1 Å². The van der Waals surface area contributed by atoms with E-state index in [4.69, 9.17) is 10.2 Å². The highest BCUT2D eigenvalue weighted by Crippen LogP contribution is 2.24. The van der Waals surface area contributed by atoms with Crippen LogP contribution in [0.4, 0.5) is 11.1 Å². The summed E-state index contributed by atoms with van der Waals surface area (Å²) in [7, 11) is 0. The van der Waals surface area contributed by atoms with Crippen molar-refractivity contribution in [1.82, 2.24) is 15.2 Å². The predicted octanol–water partition coefficient (Wildman–Crippen LogP) is 1.82. The number of nitrogen functional groups attached to an aromatic ring is 1. The molecule has 1 amide bonds. The van der Waals surface area contributed by atoms with Crippen LogP contribution in [0, 0.1) is 6.92 Å². The summed E-state index contributed by atoms with van der Waals surface area (Å²) in [6.07, 6.45) is 0. The smallest absolute Gasteiger partial charge is 0.322 e. The Hall–Kier alpha value is -2.48. The predicted molar refractivity (Wildman–Crippen MR) is 71.0 cm³/mol. The minimum absolute atomic E-state index is 0.0754. The van der Waals surface area contributed by atoms with E-state index in [0.717, 1.165) is 10.2 Å². The molecule has 0 radical (unpaired) electrons. The Morgan fingerprint density at radius 1 is 1.42 bits per heavy atom. The normalized spacial score (nSPS) is 10.8. The number of hydrogen-bond donors (Lipinski definition) is 2. The van der Waals surface area contributed by atoms with Gasteiger partial charge >= 0.3 is 6.01 Å². The Balaban J connectivity index is 1.88. The molecule has 0 aliphatic carbocycles. The summed E-state index contributed by atoms with van der Waals surface area (Å²) in [4.78, 5) is 16.1. The maximum atomic E-state index is 12.0. The lowest BCUT2D eigenvalue weighted by Gasteiger charge is -1.99. The number of nitrogens with zero attached hydrogens (tertiary/aromatic N) is 3. The number of amides is 1. The minimum Gasteiger partial charge on any atom is -0.408 e. The molecule has 1 aromatic carbocycles. The number of carbonyl (C=O) groups excluding carboxylic acids is 1. The topological polar surface area (TPSA) is 107 Å². The van der Waals surface area contributed by atoms with Gasteiger partial charge in [0.25, 0.3) is 5.91 Å². The van der Waals surface area contributed by atoms with Crippen LogP contribution in [-0.4, -0.2) is 21.1 Å². The molecule has 2 heterocycles. The maximum Gasteiger partial charge on any atom is 0.322 e. The summed E-state index contributed by atoms with van der Waals surface area (Å²) in [5.41, 5.74) is 6.87. The van der Waals surface area contributed by atoms with Gasteiger partial charge in [0.15, 0.2) is 5.13 Å². The van der Waals surface area contributed by atoms with Gasteiger partial charge in [-0.15, -0.1) is 5.10 Å². The van der Waals surface area contributed by atoms with Crippen LogP contribution in [0.5, 0.6) is 0 Å². The molecule has 0 atom stereocenters. The average Bonchev–Trinajstić information content (AvgIpc) is 2.93. The number of benzene rings is 1. The van der Waals surface area contributed by atoms with Gasteiger partial charge < -0.3 is 10.2 Å². The third-order valence-corrected chi connectivity index (χ3v) is 3.26. The molecule has 0 fully saturated rings. The molecular weight excluding hydrogens is 266 g/mol. The highest BCUT2D eigenvalue weighted by Gasteiger charge is 2.12. The van der Waals surface area contributed by atoms with Crippen LogP contribution in [0.25, 0.3) is 10.2 Å². The van der Waals surface area contributed by atoms with Crippen LogP contribution in [0.15, 0.2) is 22.6 Å². The van der Waals surface area contributed by atoms with E-state index in [1.807, 2.05) is 0 Å². The SMILES string of the molecule is Cc1nnc(NC(=O)c2ccc3nc(N)sc3c2)o1. The highest BCUT2D eigenvalue weighted by atomic mass is 32.1. The van der Waals surface area contributed by atoms with Crippen LogP contribution in [-0.2, 0) is 0 Å². The lowest BCUT2D eigenvalue weighted by molar-refractivity contribution is 0.102. The van der Waals surface area contributed by atoms with Crippen LogP contribution in [0.2, 0.25) is 0 Å². The number of hydrogen-bond acceptors (Lipinski definition) is 7. The first-order valence-electron chi connectivity index (χ1n) is 5.39. The van der Waals surface area contributed by atoms with Crippen LogP contribution < -0.4 is 11.1 Å². The van der Waals surface area contributed by atoms with Gasteiger partial charge in [-0.3, -0.25) is 10.1 Å². The zero-order valence-corrected chi connectivity index (χ0v) is 10.7. The lowest BCUT2D eigenvalue weighted by Crippen LogP contribution is -2.11. The fourth-order valence-corrected chi connectivity index (χ4v) is 2.37. The molecule has 8 heteroatoms. The molecule has 19 heavy (non-hydrogen) atoms. The minimum atomic E-state index is -0.322. The van der Waals surface area contributed by atoms with Crippen LogP contribution >= 0.6 is 11.3 Å². The van der Waals surface area contributed by atoms with Gasteiger partial charge in [0.2, 0.25) is 5.89 Å². The third-order valence-electron chi connectivity index (χ3n) is 2.41. The largest absolute Gasteiger partial charge is 0.408 e. The quantitative estimate of drug-likeness (QED) is 0.738. The number of rotatable bonds is 2. The Morgan fingerprint density at radius 3 is 3.00 bits per heavy atom. The molecule has 2 aromatic heterocycles. The Morgan fingerprint density at radius 2 is 2.26 bits per heavy atom. The van der Waals surface area contributed by atoms with Crippen molar-refractivity contribution in [1.29, 1.82) is 0 Å². The number of thiazole rings is 1. The van der Waals surface area contributed by atoms with Gasteiger partial charge in [-0.2, -0.15) is 0 Å². The molecule has 0 saturated heterocycles. The molecule has 7 nitrogen and oxygen atoms in total. The molecular formula is C11H9N5O2S. The lowest BCUT2D eigenvalue weighted by atomic mass is 10.2. The number of aromatic nitrogens is 3.